The Bertz CT molecular complexity index is 1250. The minimum absolute atomic E-state index is 0.704. The van der Waals surface area contributed by atoms with Crippen molar-refractivity contribution in [1.29, 1.82) is 0 Å². The van der Waals surface area contributed by atoms with Crippen LogP contribution in [0.15, 0.2) is 79.3 Å². The SMILES string of the molecule is Clc1cccc(-c2cn[nH]c2-c2c[nH]c3nccc(Cc4ccccc4)c23)c1. The highest BCUT2D eigenvalue weighted by Gasteiger charge is 2.17. The molecule has 0 spiro atoms. The maximum absolute atomic E-state index is 6.20. The Hall–Kier alpha value is -3.37. The largest absolute Gasteiger partial charge is 0.345 e. The Balaban J connectivity index is 1.66. The quantitative estimate of drug-likeness (QED) is 0.407. The predicted octanol–water partition coefficient (Wildman–Crippen LogP) is 5.86. The summed E-state index contributed by atoms with van der Waals surface area (Å²) in [6.45, 7) is 0. The molecular weight excluding hydrogens is 368 g/mol. The van der Waals surface area contributed by atoms with Gasteiger partial charge in [0.25, 0.3) is 0 Å². The number of aromatic amines is 2. The molecule has 0 amide bonds. The number of hydrogen-bond acceptors (Lipinski definition) is 2. The highest BCUT2D eigenvalue weighted by atomic mass is 35.5. The van der Waals surface area contributed by atoms with Crippen molar-refractivity contribution in [3.05, 3.63) is 95.4 Å². The third-order valence-electron chi connectivity index (χ3n) is 4.94. The van der Waals surface area contributed by atoms with E-state index in [4.69, 9.17) is 11.6 Å². The number of hydrogen-bond donors (Lipinski definition) is 2. The number of halogens is 1. The van der Waals surface area contributed by atoms with Crippen LogP contribution in [0.25, 0.3) is 33.4 Å². The minimum atomic E-state index is 0.704. The average molecular weight is 385 g/mol. The van der Waals surface area contributed by atoms with Gasteiger partial charge in [0, 0.05) is 33.9 Å². The van der Waals surface area contributed by atoms with Crippen LogP contribution in [0.1, 0.15) is 11.1 Å². The van der Waals surface area contributed by atoms with E-state index in [0.29, 0.717) is 5.02 Å². The molecule has 0 radical (unpaired) electrons. The van der Waals surface area contributed by atoms with Crippen LogP contribution in [0.4, 0.5) is 0 Å². The summed E-state index contributed by atoms with van der Waals surface area (Å²) < 4.78 is 0. The smallest absolute Gasteiger partial charge is 0.138 e. The molecule has 3 aromatic heterocycles. The fraction of sp³-hybridized carbons (Fsp3) is 0.0435. The van der Waals surface area contributed by atoms with Crippen LogP contribution in [0.3, 0.4) is 0 Å². The van der Waals surface area contributed by atoms with E-state index in [9.17, 15) is 0 Å². The second-order valence-corrected chi connectivity index (χ2v) is 7.16. The van der Waals surface area contributed by atoms with Gasteiger partial charge in [-0.05, 0) is 41.3 Å². The highest BCUT2D eigenvalue weighted by molar-refractivity contribution is 6.30. The van der Waals surface area contributed by atoms with Crippen molar-refractivity contribution in [2.24, 2.45) is 0 Å². The average Bonchev–Trinajstić information content (AvgIpc) is 3.36. The van der Waals surface area contributed by atoms with Crippen LogP contribution in [-0.4, -0.2) is 20.2 Å². The molecule has 0 fully saturated rings. The number of fused-ring (bicyclic) bond motifs is 1. The molecule has 136 valence electrons. The van der Waals surface area contributed by atoms with E-state index < -0.39 is 0 Å². The lowest BCUT2D eigenvalue weighted by Crippen LogP contribution is -1.92. The van der Waals surface area contributed by atoms with Gasteiger partial charge in [-0.1, -0.05) is 54.1 Å². The molecule has 5 aromatic rings. The van der Waals surface area contributed by atoms with Gasteiger partial charge >= 0.3 is 0 Å². The Morgan fingerprint density at radius 3 is 2.68 bits per heavy atom. The van der Waals surface area contributed by atoms with Gasteiger partial charge in [-0.15, -0.1) is 0 Å². The number of aromatic nitrogens is 4. The van der Waals surface area contributed by atoms with Gasteiger partial charge in [0.1, 0.15) is 5.65 Å². The van der Waals surface area contributed by atoms with Crippen molar-refractivity contribution in [3.8, 4) is 22.4 Å². The fourth-order valence-corrected chi connectivity index (χ4v) is 3.84. The fourth-order valence-electron chi connectivity index (χ4n) is 3.65. The number of nitrogens with zero attached hydrogens (tertiary/aromatic N) is 2. The summed E-state index contributed by atoms with van der Waals surface area (Å²) in [5, 5.41) is 9.28. The summed E-state index contributed by atoms with van der Waals surface area (Å²) in [4.78, 5) is 7.83. The van der Waals surface area contributed by atoms with Crippen LogP contribution in [-0.2, 0) is 6.42 Å². The number of nitrogens with one attached hydrogen (secondary N) is 2. The van der Waals surface area contributed by atoms with Crippen molar-refractivity contribution in [2.75, 3.05) is 0 Å². The number of rotatable bonds is 4. The van der Waals surface area contributed by atoms with E-state index in [-0.39, 0.29) is 0 Å². The van der Waals surface area contributed by atoms with Crippen molar-refractivity contribution < 1.29 is 0 Å². The van der Waals surface area contributed by atoms with Crippen molar-refractivity contribution in [3.63, 3.8) is 0 Å². The third kappa shape index (κ3) is 2.98. The predicted molar refractivity (Wildman–Crippen MR) is 113 cm³/mol. The molecule has 0 saturated heterocycles. The first kappa shape index (κ1) is 16.8. The normalized spacial score (nSPS) is 11.2. The summed E-state index contributed by atoms with van der Waals surface area (Å²) in [5.74, 6) is 0. The maximum Gasteiger partial charge on any atom is 0.138 e. The molecule has 3 heterocycles. The molecular formula is C23H17ClN4. The van der Waals surface area contributed by atoms with Crippen LogP contribution in [0.5, 0.6) is 0 Å². The summed E-state index contributed by atoms with van der Waals surface area (Å²) >= 11 is 6.20. The van der Waals surface area contributed by atoms with Crippen molar-refractivity contribution in [2.45, 2.75) is 6.42 Å². The van der Waals surface area contributed by atoms with Gasteiger partial charge in [-0.2, -0.15) is 5.10 Å². The molecule has 0 aliphatic rings. The molecule has 4 nitrogen and oxygen atoms in total. The summed E-state index contributed by atoms with van der Waals surface area (Å²) in [6.07, 6.45) is 6.53. The molecule has 0 unspecified atom stereocenters. The summed E-state index contributed by atoms with van der Waals surface area (Å²) in [6, 6.07) is 20.4. The minimum Gasteiger partial charge on any atom is -0.345 e. The van der Waals surface area contributed by atoms with Gasteiger partial charge in [0.15, 0.2) is 0 Å². The second kappa shape index (κ2) is 6.98. The molecule has 2 N–H and O–H groups in total. The van der Waals surface area contributed by atoms with E-state index in [1.165, 1.54) is 11.1 Å². The number of benzene rings is 2. The standard InChI is InChI=1S/C23H17ClN4/c24-18-8-4-7-16(12-18)19-14-27-28-22(19)20-13-26-23-21(20)17(9-10-25-23)11-15-5-2-1-3-6-15/h1-10,12-14H,11H2,(H,25,26)(H,27,28). The zero-order valence-corrected chi connectivity index (χ0v) is 15.7. The Kier molecular flexibility index (Phi) is 4.18. The maximum atomic E-state index is 6.20. The molecule has 5 heteroatoms. The van der Waals surface area contributed by atoms with Crippen LogP contribution >= 0.6 is 11.6 Å². The molecule has 28 heavy (non-hydrogen) atoms. The highest BCUT2D eigenvalue weighted by Crippen LogP contribution is 2.36. The lowest BCUT2D eigenvalue weighted by molar-refractivity contribution is 1.10. The van der Waals surface area contributed by atoms with Gasteiger partial charge in [-0.25, -0.2) is 4.98 Å². The lowest BCUT2D eigenvalue weighted by atomic mass is 9.97. The van der Waals surface area contributed by atoms with E-state index in [1.54, 1.807) is 0 Å². The van der Waals surface area contributed by atoms with Gasteiger partial charge in [-0.3, -0.25) is 5.10 Å². The van der Waals surface area contributed by atoms with E-state index in [2.05, 4.69) is 50.5 Å². The second-order valence-electron chi connectivity index (χ2n) is 6.73. The zero-order valence-electron chi connectivity index (χ0n) is 15.0. The number of pyridine rings is 1. The van der Waals surface area contributed by atoms with Crippen molar-refractivity contribution in [1.82, 2.24) is 20.2 Å². The lowest BCUT2D eigenvalue weighted by Gasteiger charge is -2.07. The molecule has 0 bridgehead atoms. The van der Waals surface area contributed by atoms with Gasteiger partial charge in [0.2, 0.25) is 0 Å². The van der Waals surface area contributed by atoms with E-state index >= 15 is 0 Å². The van der Waals surface area contributed by atoms with Crippen LogP contribution < -0.4 is 0 Å². The topological polar surface area (TPSA) is 57.4 Å². The monoisotopic (exact) mass is 384 g/mol. The molecule has 0 atom stereocenters. The Morgan fingerprint density at radius 1 is 0.929 bits per heavy atom. The third-order valence-corrected chi connectivity index (χ3v) is 5.18. The molecule has 0 aliphatic heterocycles. The summed E-state index contributed by atoms with van der Waals surface area (Å²) in [7, 11) is 0. The zero-order chi connectivity index (χ0) is 18.9. The first-order valence-corrected chi connectivity index (χ1v) is 9.46. The van der Waals surface area contributed by atoms with E-state index in [0.717, 1.165) is 39.8 Å². The molecule has 2 aromatic carbocycles. The van der Waals surface area contributed by atoms with E-state index in [1.807, 2.05) is 48.9 Å². The molecule has 5 rings (SSSR count). The van der Waals surface area contributed by atoms with Crippen molar-refractivity contribution >= 4 is 22.6 Å². The molecule has 0 aliphatic carbocycles. The van der Waals surface area contributed by atoms with Crippen LogP contribution in [0.2, 0.25) is 5.02 Å². The van der Waals surface area contributed by atoms with Gasteiger partial charge in [0.05, 0.1) is 11.9 Å². The van der Waals surface area contributed by atoms with Crippen LogP contribution in [0, 0.1) is 0 Å². The number of H-pyrrole nitrogens is 2. The Labute approximate surface area is 167 Å². The first-order valence-electron chi connectivity index (χ1n) is 9.08. The molecule has 0 saturated carbocycles. The summed E-state index contributed by atoms with van der Waals surface area (Å²) in [5.41, 5.74) is 7.41. The van der Waals surface area contributed by atoms with Gasteiger partial charge < -0.3 is 4.98 Å². The Morgan fingerprint density at radius 2 is 1.82 bits per heavy atom. The first-order chi connectivity index (χ1) is 13.8.